The quantitative estimate of drug-likeness (QED) is 0.539. The molecule has 0 aliphatic carbocycles. The highest BCUT2D eigenvalue weighted by atomic mass is 79.9. The van der Waals surface area contributed by atoms with Crippen LogP contribution < -0.4 is 4.72 Å². The Morgan fingerprint density at radius 2 is 1.70 bits per heavy atom. The van der Waals surface area contributed by atoms with Gasteiger partial charge in [0, 0.05) is 20.1 Å². The molecule has 0 aliphatic heterocycles. The molecule has 3 rings (SSSR count). The minimum Gasteiger partial charge on any atom is -0.506 e. The molecule has 0 aromatic heterocycles. The maximum absolute atomic E-state index is 11.3. The van der Waals surface area contributed by atoms with Gasteiger partial charge in [0.2, 0.25) is 0 Å². The van der Waals surface area contributed by atoms with Crippen LogP contribution in [0.5, 0.6) is 5.75 Å². The topological polar surface area (TPSA) is 69.6 Å². The molecule has 0 atom stereocenters. The van der Waals surface area contributed by atoms with Crippen molar-refractivity contribution in [3.63, 3.8) is 0 Å². The Hall–Kier alpha value is -2.18. The lowest BCUT2D eigenvalue weighted by atomic mass is 10.1. The summed E-state index contributed by atoms with van der Waals surface area (Å²) in [6.45, 7) is 0. The van der Waals surface area contributed by atoms with Gasteiger partial charge in [-0.25, -0.2) is 4.79 Å². The zero-order valence-electron chi connectivity index (χ0n) is 11.8. The van der Waals surface area contributed by atoms with Crippen molar-refractivity contribution < 1.29 is 15.0 Å². The standard InChI is InChI=1S/C17H12BrNO3S/c18-13-7-3-4-8-14(13)19-23-15-9-12(17(21)22)16(20)11-6-2-1-5-10(11)15/h1-9,19-20H,(H,21,22). The number of carboxylic acid groups (broad SMARTS) is 1. The molecular weight excluding hydrogens is 378 g/mol. The molecule has 23 heavy (non-hydrogen) atoms. The number of benzene rings is 3. The maximum atomic E-state index is 11.3. The van der Waals surface area contributed by atoms with Crippen LogP contribution >= 0.6 is 27.9 Å². The van der Waals surface area contributed by atoms with Gasteiger partial charge in [0.25, 0.3) is 0 Å². The van der Waals surface area contributed by atoms with Crippen LogP contribution in [-0.4, -0.2) is 16.2 Å². The minimum atomic E-state index is -1.16. The van der Waals surface area contributed by atoms with E-state index in [9.17, 15) is 15.0 Å². The molecule has 0 bridgehead atoms. The van der Waals surface area contributed by atoms with Gasteiger partial charge in [0.15, 0.2) is 0 Å². The van der Waals surface area contributed by atoms with Crippen LogP contribution in [0.4, 0.5) is 5.69 Å². The van der Waals surface area contributed by atoms with E-state index in [1.165, 1.54) is 18.0 Å². The number of para-hydroxylation sites is 1. The lowest BCUT2D eigenvalue weighted by molar-refractivity contribution is 0.0694. The molecule has 0 amide bonds. The number of hydrogen-bond donors (Lipinski definition) is 3. The zero-order valence-corrected chi connectivity index (χ0v) is 14.2. The molecule has 0 fully saturated rings. The average Bonchev–Trinajstić information content (AvgIpc) is 2.55. The highest BCUT2D eigenvalue weighted by Gasteiger charge is 2.16. The molecule has 0 saturated carbocycles. The summed E-state index contributed by atoms with van der Waals surface area (Å²) in [5.74, 6) is -1.37. The molecule has 4 nitrogen and oxygen atoms in total. The van der Waals surface area contributed by atoms with E-state index in [2.05, 4.69) is 20.7 Å². The van der Waals surface area contributed by atoms with Crippen LogP contribution in [-0.2, 0) is 0 Å². The van der Waals surface area contributed by atoms with Crippen molar-refractivity contribution >= 4 is 50.3 Å². The number of hydrogen-bond acceptors (Lipinski definition) is 4. The fourth-order valence-electron chi connectivity index (χ4n) is 2.23. The second-order valence-corrected chi connectivity index (χ2v) is 6.51. The van der Waals surface area contributed by atoms with Gasteiger partial charge >= 0.3 is 5.97 Å². The third kappa shape index (κ3) is 3.13. The number of anilines is 1. The molecular formula is C17H12BrNO3S. The van der Waals surface area contributed by atoms with Crippen molar-refractivity contribution in [1.82, 2.24) is 0 Å². The van der Waals surface area contributed by atoms with Gasteiger partial charge in [0.1, 0.15) is 11.3 Å². The molecule has 0 aliphatic rings. The fraction of sp³-hybridized carbons (Fsp3) is 0. The number of halogens is 1. The first-order valence-electron chi connectivity index (χ1n) is 6.73. The monoisotopic (exact) mass is 389 g/mol. The Morgan fingerprint density at radius 3 is 2.39 bits per heavy atom. The number of fused-ring (bicyclic) bond motifs is 1. The average molecular weight is 390 g/mol. The van der Waals surface area contributed by atoms with Gasteiger partial charge in [-0.3, -0.25) is 0 Å². The van der Waals surface area contributed by atoms with Gasteiger partial charge in [-0.15, -0.1) is 0 Å². The number of nitrogens with one attached hydrogen (secondary N) is 1. The van der Waals surface area contributed by atoms with E-state index in [0.29, 0.717) is 5.39 Å². The molecule has 3 aromatic rings. The summed E-state index contributed by atoms with van der Waals surface area (Å²) in [6, 6.07) is 16.3. The first-order valence-corrected chi connectivity index (χ1v) is 8.34. The second-order valence-electron chi connectivity index (χ2n) is 4.81. The van der Waals surface area contributed by atoms with Gasteiger partial charge in [-0.2, -0.15) is 0 Å². The number of aromatic carboxylic acids is 1. The molecule has 0 radical (unpaired) electrons. The van der Waals surface area contributed by atoms with Crippen molar-refractivity contribution in [3.05, 3.63) is 64.6 Å². The Labute approximate surface area is 145 Å². The van der Waals surface area contributed by atoms with Crippen LogP contribution in [0.15, 0.2) is 64.0 Å². The molecule has 0 saturated heterocycles. The molecule has 6 heteroatoms. The van der Waals surface area contributed by atoms with E-state index in [-0.39, 0.29) is 11.3 Å². The fourth-order valence-corrected chi connectivity index (χ4v) is 3.61. The van der Waals surface area contributed by atoms with Crippen LogP contribution in [0.2, 0.25) is 0 Å². The highest BCUT2D eigenvalue weighted by molar-refractivity contribution is 9.10. The van der Waals surface area contributed by atoms with E-state index in [1.807, 2.05) is 36.4 Å². The van der Waals surface area contributed by atoms with Crippen LogP contribution in [0.25, 0.3) is 10.8 Å². The van der Waals surface area contributed by atoms with Gasteiger partial charge in [0.05, 0.1) is 5.69 Å². The van der Waals surface area contributed by atoms with Crippen molar-refractivity contribution in [2.75, 3.05) is 4.72 Å². The van der Waals surface area contributed by atoms with Crippen LogP contribution in [0.3, 0.4) is 0 Å². The zero-order chi connectivity index (χ0) is 16.4. The van der Waals surface area contributed by atoms with E-state index < -0.39 is 5.97 Å². The van der Waals surface area contributed by atoms with Gasteiger partial charge < -0.3 is 14.9 Å². The number of rotatable bonds is 4. The molecule has 116 valence electrons. The number of carbonyl (C=O) groups is 1. The van der Waals surface area contributed by atoms with Gasteiger partial charge in [-0.1, -0.05) is 36.4 Å². The third-order valence-corrected chi connectivity index (χ3v) is 4.92. The summed E-state index contributed by atoms with van der Waals surface area (Å²) in [6.07, 6.45) is 0. The SMILES string of the molecule is O=C(O)c1cc(SNc2ccccc2Br)c2ccccc2c1O. The normalized spacial score (nSPS) is 10.7. The van der Waals surface area contributed by atoms with Gasteiger partial charge in [-0.05, 0) is 46.1 Å². The molecule has 0 heterocycles. The summed E-state index contributed by atoms with van der Waals surface area (Å²) in [5.41, 5.74) is 0.770. The first-order chi connectivity index (χ1) is 11.1. The van der Waals surface area contributed by atoms with Crippen molar-refractivity contribution in [1.29, 1.82) is 0 Å². The van der Waals surface area contributed by atoms with E-state index in [1.54, 1.807) is 12.1 Å². The lowest BCUT2D eigenvalue weighted by Crippen LogP contribution is -1.99. The summed E-state index contributed by atoms with van der Waals surface area (Å²) < 4.78 is 4.11. The van der Waals surface area contributed by atoms with Crippen LogP contribution in [0, 0.1) is 0 Å². The molecule has 3 N–H and O–H groups in total. The maximum Gasteiger partial charge on any atom is 0.339 e. The van der Waals surface area contributed by atoms with Crippen molar-refractivity contribution in [2.45, 2.75) is 4.90 Å². The summed E-state index contributed by atoms with van der Waals surface area (Å²) >= 11 is 4.76. The molecule has 0 spiro atoms. The Kier molecular flexibility index (Phi) is 4.45. The summed E-state index contributed by atoms with van der Waals surface area (Å²) in [4.78, 5) is 12.1. The predicted octanol–water partition coefficient (Wildman–Crippen LogP) is 5.13. The summed E-state index contributed by atoms with van der Waals surface area (Å²) in [5, 5.41) is 20.7. The van der Waals surface area contributed by atoms with E-state index >= 15 is 0 Å². The highest BCUT2D eigenvalue weighted by Crippen LogP contribution is 2.37. The van der Waals surface area contributed by atoms with Crippen LogP contribution in [0.1, 0.15) is 10.4 Å². The molecule has 0 unspecified atom stereocenters. The third-order valence-electron chi connectivity index (χ3n) is 3.35. The first kappa shape index (κ1) is 15.7. The Balaban J connectivity index is 2.04. The smallest absolute Gasteiger partial charge is 0.339 e. The molecule has 3 aromatic carbocycles. The Morgan fingerprint density at radius 1 is 1.04 bits per heavy atom. The lowest BCUT2D eigenvalue weighted by Gasteiger charge is -2.12. The van der Waals surface area contributed by atoms with Crippen molar-refractivity contribution in [3.8, 4) is 5.75 Å². The van der Waals surface area contributed by atoms with Crippen molar-refractivity contribution in [2.24, 2.45) is 0 Å². The predicted molar refractivity (Wildman–Crippen MR) is 96.2 cm³/mol. The van der Waals surface area contributed by atoms with E-state index in [4.69, 9.17) is 0 Å². The summed E-state index contributed by atoms with van der Waals surface area (Å²) in [7, 11) is 0. The minimum absolute atomic E-state index is 0.111. The largest absolute Gasteiger partial charge is 0.506 e. The Bertz CT molecular complexity index is 898. The number of aromatic hydroxyl groups is 1. The number of carboxylic acids is 1. The number of phenols is 1. The van der Waals surface area contributed by atoms with E-state index in [0.717, 1.165) is 20.4 Å². The second kappa shape index (κ2) is 6.52.